The normalized spacial score (nSPS) is 12.9. The molecule has 1 aliphatic rings. The van der Waals surface area contributed by atoms with Gasteiger partial charge in [0.25, 0.3) is 5.91 Å². The number of rotatable bonds is 9. The predicted octanol–water partition coefficient (Wildman–Crippen LogP) is 3.85. The third-order valence-electron chi connectivity index (χ3n) is 5.48. The van der Waals surface area contributed by atoms with E-state index in [1.54, 1.807) is 19.2 Å². The molecule has 1 amide bonds. The zero-order chi connectivity index (χ0) is 21.5. The van der Waals surface area contributed by atoms with E-state index in [0.29, 0.717) is 29.4 Å². The Morgan fingerprint density at radius 3 is 2.43 bits per heavy atom. The van der Waals surface area contributed by atoms with Crippen molar-refractivity contribution in [2.75, 3.05) is 45.9 Å². The maximum Gasteiger partial charge on any atom is 0.251 e. The monoisotopic (exact) mass is 412 g/mol. The van der Waals surface area contributed by atoms with Crippen molar-refractivity contribution in [3.8, 4) is 17.2 Å². The average molecular weight is 413 g/mol. The van der Waals surface area contributed by atoms with Crippen LogP contribution >= 0.6 is 0 Å². The Morgan fingerprint density at radius 2 is 1.80 bits per heavy atom. The van der Waals surface area contributed by atoms with Gasteiger partial charge in [-0.1, -0.05) is 19.1 Å². The van der Waals surface area contributed by atoms with Gasteiger partial charge in [-0.05, 0) is 55.0 Å². The Morgan fingerprint density at radius 1 is 1.07 bits per heavy atom. The summed E-state index contributed by atoms with van der Waals surface area (Å²) in [5, 5.41) is 3.00. The summed E-state index contributed by atoms with van der Waals surface area (Å²) in [7, 11) is 4.62. The molecule has 0 fully saturated rings. The number of anilines is 1. The number of hydrogen-bond donors (Lipinski definition) is 1. The summed E-state index contributed by atoms with van der Waals surface area (Å²) in [5.41, 5.74) is 4.51. The standard InChI is InChI=1S/C24H32N2O4/c1-5-12-26-13-6-7-18-14-17(8-9-20(18)26)10-11-25-24(27)19-15-21(28-2)23(30-4)22(16-19)29-3/h8-9,14-16H,5-7,10-13H2,1-4H3,(H,25,27). The van der Waals surface area contributed by atoms with Crippen molar-refractivity contribution in [3.05, 3.63) is 47.0 Å². The largest absolute Gasteiger partial charge is 0.493 e. The number of benzene rings is 2. The van der Waals surface area contributed by atoms with Crippen molar-refractivity contribution in [3.63, 3.8) is 0 Å². The summed E-state index contributed by atoms with van der Waals surface area (Å²) >= 11 is 0. The van der Waals surface area contributed by atoms with Gasteiger partial charge in [0.05, 0.1) is 21.3 Å². The topological polar surface area (TPSA) is 60.0 Å². The summed E-state index contributed by atoms with van der Waals surface area (Å²) in [5.74, 6) is 1.24. The molecule has 0 saturated carbocycles. The van der Waals surface area contributed by atoms with Crippen LogP contribution in [0.15, 0.2) is 30.3 Å². The fraction of sp³-hybridized carbons (Fsp3) is 0.458. The van der Waals surface area contributed by atoms with Gasteiger partial charge in [0.15, 0.2) is 11.5 Å². The number of nitrogens with one attached hydrogen (secondary N) is 1. The third-order valence-corrected chi connectivity index (χ3v) is 5.48. The van der Waals surface area contributed by atoms with Crippen molar-refractivity contribution in [1.82, 2.24) is 5.32 Å². The quantitative estimate of drug-likeness (QED) is 0.678. The molecule has 0 aromatic heterocycles. The first-order valence-corrected chi connectivity index (χ1v) is 10.6. The van der Waals surface area contributed by atoms with Crippen molar-refractivity contribution < 1.29 is 19.0 Å². The maximum absolute atomic E-state index is 12.6. The molecule has 1 heterocycles. The molecule has 1 N–H and O–H groups in total. The number of amides is 1. The molecular weight excluding hydrogens is 380 g/mol. The lowest BCUT2D eigenvalue weighted by atomic mass is 9.98. The number of nitrogens with zero attached hydrogens (tertiary/aromatic N) is 1. The number of carbonyl (C=O) groups is 1. The molecule has 30 heavy (non-hydrogen) atoms. The SMILES string of the molecule is CCCN1CCCc2cc(CCNC(=O)c3cc(OC)c(OC)c(OC)c3)ccc21. The van der Waals surface area contributed by atoms with Gasteiger partial charge in [-0.25, -0.2) is 0 Å². The minimum Gasteiger partial charge on any atom is -0.493 e. The number of hydrogen-bond acceptors (Lipinski definition) is 5. The zero-order valence-corrected chi connectivity index (χ0v) is 18.4. The molecule has 0 bridgehead atoms. The molecule has 0 radical (unpaired) electrons. The molecule has 0 spiro atoms. The van der Waals surface area contributed by atoms with Crippen LogP contribution in [0.2, 0.25) is 0 Å². The number of carbonyl (C=O) groups excluding carboxylic acids is 1. The number of methoxy groups -OCH3 is 3. The molecule has 2 aromatic rings. The Labute approximate surface area is 179 Å². The second-order valence-electron chi connectivity index (χ2n) is 7.47. The van der Waals surface area contributed by atoms with E-state index in [4.69, 9.17) is 14.2 Å². The van der Waals surface area contributed by atoms with Crippen molar-refractivity contribution >= 4 is 11.6 Å². The first kappa shape index (κ1) is 21.8. The lowest BCUT2D eigenvalue weighted by molar-refractivity contribution is 0.0953. The van der Waals surface area contributed by atoms with Crippen LogP contribution < -0.4 is 24.4 Å². The van der Waals surface area contributed by atoms with Crippen LogP contribution in [-0.4, -0.2) is 46.9 Å². The summed E-state index contributed by atoms with van der Waals surface area (Å²) in [6.07, 6.45) is 4.28. The highest BCUT2D eigenvalue weighted by Crippen LogP contribution is 2.38. The maximum atomic E-state index is 12.6. The minimum absolute atomic E-state index is 0.165. The molecule has 2 aromatic carbocycles. The summed E-state index contributed by atoms with van der Waals surface area (Å²) in [4.78, 5) is 15.1. The van der Waals surface area contributed by atoms with Gasteiger partial charge in [-0.3, -0.25) is 4.79 Å². The second-order valence-corrected chi connectivity index (χ2v) is 7.47. The Kier molecular flexibility index (Phi) is 7.44. The van der Waals surface area contributed by atoms with E-state index in [-0.39, 0.29) is 5.91 Å². The fourth-order valence-corrected chi connectivity index (χ4v) is 4.02. The summed E-state index contributed by atoms with van der Waals surface area (Å²) < 4.78 is 16.0. The molecule has 0 saturated heterocycles. The van der Waals surface area contributed by atoms with Gasteiger partial charge < -0.3 is 24.4 Å². The molecule has 3 rings (SSSR count). The summed E-state index contributed by atoms with van der Waals surface area (Å²) in [6, 6.07) is 10.0. The highest BCUT2D eigenvalue weighted by atomic mass is 16.5. The van der Waals surface area contributed by atoms with E-state index in [1.165, 1.54) is 37.5 Å². The van der Waals surface area contributed by atoms with Gasteiger partial charge in [0.2, 0.25) is 5.75 Å². The smallest absolute Gasteiger partial charge is 0.251 e. The number of fused-ring (bicyclic) bond motifs is 1. The van der Waals surface area contributed by atoms with Crippen LogP contribution in [0, 0.1) is 0 Å². The van der Waals surface area contributed by atoms with Crippen LogP contribution in [0.4, 0.5) is 5.69 Å². The van der Waals surface area contributed by atoms with Gasteiger partial charge in [0, 0.05) is 30.9 Å². The lowest BCUT2D eigenvalue weighted by Gasteiger charge is -2.31. The van der Waals surface area contributed by atoms with Crippen LogP contribution in [0.25, 0.3) is 0 Å². The van der Waals surface area contributed by atoms with Crippen LogP contribution in [0.3, 0.4) is 0 Å². The first-order valence-electron chi connectivity index (χ1n) is 10.6. The number of aryl methyl sites for hydroxylation is 1. The molecule has 1 aliphatic heterocycles. The van der Waals surface area contributed by atoms with E-state index in [2.05, 4.69) is 35.3 Å². The van der Waals surface area contributed by atoms with E-state index in [0.717, 1.165) is 32.4 Å². The van der Waals surface area contributed by atoms with Crippen LogP contribution in [0.5, 0.6) is 17.2 Å². The van der Waals surface area contributed by atoms with Gasteiger partial charge in [-0.2, -0.15) is 0 Å². The number of ether oxygens (including phenoxy) is 3. The van der Waals surface area contributed by atoms with Crippen LogP contribution in [-0.2, 0) is 12.8 Å². The molecule has 6 heteroatoms. The van der Waals surface area contributed by atoms with E-state index in [1.807, 2.05) is 0 Å². The molecule has 0 unspecified atom stereocenters. The summed E-state index contributed by atoms with van der Waals surface area (Å²) in [6.45, 7) is 5.04. The zero-order valence-electron chi connectivity index (χ0n) is 18.4. The third kappa shape index (κ3) is 4.81. The first-order chi connectivity index (χ1) is 14.6. The Hall–Kier alpha value is -2.89. The van der Waals surface area contributed by atoms with Crippen LogP contribution in [0.1, 0.15) is 41.3 Å². The Bertz CT molecular complexity index is 856. The molecule has 6 nitrogen and oxygen atoms in total. The second kappa shape index (κ2) is 10.2. The molecule has 0 atom stereocenters. The molecule has 0 aliphatic carbocycles. The van der Waals surface area contributed by atoms with E-state index in [9.17, 15) is 4.79 Å². The molecule has 162 valence electrons. The molecular formula is C24H32N2O4. The average Bonchev–Trinajstić information content (AvgIpc) is 2.78. The van der Waals surface area contributed by atoms with Gasteiger partial charge in [-0.15, -0.1) is 0 Å². The highest BCUT2D eigenvalue weighted by molar-refractivity contribution is 5.95. The van der Waals surface area contributed by atoms with Gasteiger partial charge in [0.1, 0.15) is 0 Å². The van der Waals surface area contributed by atoms with E-state index >= 15 is 0 Å². The lowest BCUT2D eigenvalue weighted by Crippen LogP contribution is -2.30. The Balaban J connectivity index is 1.64. The predicted molar refractivity (Wildman–Crippen MR) is 119 cm³/mol. The minimum atomic E-state index is -0.165. The van der Waals surface area contributed by atoms with E-state index < -0.39 is 0 Å². The van der Waals surface area contributed by atoms with Crippen molar-refractivity contribution in [2.45, 2.75) is 32.6 Å². The van der Waals surface area contributed by atoms with Crippen molar-refractivity contribution in [2.24, 2.45) is 0 Å². The van der Waals surface area contributed by atoms with Crippen molar-refractivity contribution in [1.29, 1.82) is 0 Å². The van der Waals surface area contributed by atoms with Gasteiger partial charge >= 0.3 is 0 Å². The fourth-order valence-electron chi connectivity index (χ4n) is 4.02. The highest BCUT2D eigenvalue weighted by Gasteiger charge is 2.18.